The number of aromatic nitrogens is 1. The van der Waals surface area contributed by atoms with E-state index in [-0.39, 0.29) is 0 Å². The van der Waals surface area contributed by atoms with Crippen molar-refractivity contribution in [1.82, 2.24) is 9.88 Å². The fourth-order valence-corrected chi connectivity index (χ4v) is 2.76. The second-order valence-electron chi connectivity index (χ2n) is 5.02. The highest BCUT2D eigenvalue weighted by atomic mass is 16.5. The smallest absolute Gasteiger partial charge is 0.213 e. The van der Waals surface area contributed by atoms with Crippen LogP contribution in [-0.4, -0.2) is 29.6 Å². The maximum Gasteiger partial charge on any atom is 0.213 e. The molecule has 0 radical (unpaired) electrons. The largest absolute Gasteiger partial charge is 0.481 e. The van der Waals surface area contributed by atoms with E-state index in [2.05, 4.69) is 36.7 Å². The molecule has 0 saturated carbocycles. The van der Waals surface area contributed by atoms with Crippen LogP contribution in [0, 0.1) is 6.92 Å². The van der Waals surface area contributed by atoms with Gasteiger partial charge in [-0.25, -0.2) is 4.98 Å². The van der Waals surface area contributed by atoms with Gasteiger partial charge in [0.1, 0.15) is 0 Å². The highest BCUT2D eigenvalue weighted by Crippen LogP contribution is 2.35. The molecule has 0 aliphatic carbocycles. The molecule has 1 aromatic rings. The second kappa shape index (κ2) is 5.05. The van der Waals surface area contributed by atoms with Crippen molar-refractivity contribution in [3.8, 4) is 5.88 Å². The van der Waals surface area contributed by atoms with Crippen molar-refractivity contribution in [2.75, 3.05) is 13.7 Å². The van der Waals surface area contributed by atoms with Gasteiger partial charge in [0, 0.05) is 23.8 Å². The third-order valence-electron chi connectivity index (χ3n) is 3.63. The van der Waals surface area contributed by atoms with Crippen molar-refractivity contribution in [2.24, 2.45) is 0 Å². The molecular formula is C14H22N2O. The molecule has 0 aromatic carbocycles. The highest BCUT2D eigenvalue weighted by molar-refractivity contribution is 5.28. The monoisotopic (exact) mass is 234 g/mol. The van der Waals surface area contributed by atoms with Crippen LogP contribution in [0.1, 0.15) is 44.0 Å². The van der Waals surface area contributed by atoms with Crippen molar-refractivity contribution < 1.29 is 4.74 Å². The SMILES string of the molecule is COc1ccc(C2CCCN2C(C)C)c(C)n1. The number of likely N-dealkylation sites (tertiary alicyclic amines) is 1. The van der Waals surface area contributed by atoms with Gasteiger partial charge < -0.3 is 4.74 Å². The van der Waals surface area contributed by atoms with E-state index < -0.39 is 0 Å². The molecule has 1 saturated heterocycles. The minimum absolute atomic E-state index is 0.536. The van der Waals surface area contributed by atoms with Gasteiger partial charge in [-0.3, -0.25) is 4.90 Å². The molecule has 1 unspecified atom stereocenters. The van der Waals surface area contributed by atoms with Crippen LogP contribution in [0.4, 0.5) is 0 Å². The Bertz CT molecular complexity index is 390. The Labute approximate surface area is 104 Å². The van der Waals surface area contributed by atoms with Crippen LogP contribution >= 0.6 is 0 Å². The van der Waals surface area contributed by atoms with Gasteiger partial charge in [-0.05, 0) is 45.7 Å². The molecule has 1 aromatic heterocycles. The summed E-state index contributed by atoms with van der Waals surface area (Å²) >= 11 is 0. The average molecular weight is 234 g/mol. The van der Waals surface area contributed by atoms with Crippen molar-refractivity contribution in [3.63, 3.8) is 0 Å². The minimum Gasteiger partial charge on any atom is -0.481 e. The molecule has 1 aliphatic rings. The predicted molar refractivity (Wildman–Crippen MR) is 69.3 cm³/mol. The van der Waals surface area contributed by atoms with E-state index in [1.165, 1.54) is 24.9 Å². The first-order valence-corrected chi connectivity index (χ1v) is 6.40. The summed E-state index contributed by atoms with van der Waals surface area (Å²) in [6.45, 7) is 7.82. The van der Waals surface area contributed by atoms with Crippen LogP contribution < -0.4 is 4.74 Å². The van der Waals surface area contributed by atoms with E-state index in [1.807, 2.05) is 6.07 Å². The number of pyridine rings is 1. The quantitative estimate of drug-likeness (QED) is 0.804. The molecule has 1 fully saturated rings. The molecule has 0 bridgehead atoms. The number of nitrogens with zero attached hydrogens (tertiary/aromatic N) is 2. The molecule has 17 heavy (non-hydrogen) atoms. The molecule has 1 aliphatic heterocycles. The van der Waals surface area contributed by atoms with Crippen LogP contribution in [0.5, 0.6) is 5.88 Å². The van der Waals surface area contributed by atoms with Crippen molar-refractivity contribution in [2.45, 2.75) is 45.7 Å². The number of hydrogen-bond acceptors (Lipinski definition) is 3. The summed E-state index contributed by atoms with van der Waals surface area (Å²) < 4.78 is 5.16. The van der Waals surface area contributed by atoms with E-state index in [0.717, 1.165) is 5.69 Å². The van der Waals surface area contributed by atoms with Gasteiger partial charge in [-0.15, -0.1) is 0 Å². The summed E-state index contributed by atoms with van der Waals surface area (Å²) in [4.78, 5) is 7.05. The lowest BCUT2D eigenvalue weighted by Crippen LogP contribution is -2.30. The number of methoxy groups -OCH3 is 1. The van der Waals surface area contributed by atoms with Gasteiger partial charge in [-0.2, -0.15) is 0 Å². The number of ether oxygens (including phenoxy) is 1. The summed E-state index contributed by atoms with van der Waals surface area (Å²) in [6, 6.07) is 5.28. The van der Waals surface area contributed by atoms with E-state index in [0.29, 0.717) is 18.0 Å². The third-order valence-corrected chi connectivity index (χ3v) is 3.63. The average Bonchev–Trinajstić information content (AvgIpc) is 2.77. The van der Waals surface area contributed by atoms with E-state index in [4.69, 9.17) is 4.74 Å². The molecule has 3 nitrogen and oxygen atoms in total. The van der Waals surface area contributed by atoms with Gasteiger partial charge in [0.15, 0.2) is 0 Å². The fourth-order valence-electron chi connectivity index (χ4n) is 2.76. The normalized spacial score (nSPS) is 21.1. The van der Waals surface area contributed by atoms with E-state index in [9.17, 15) is 0 Å². The van der Waals surface area contributed by atoms with Crippen molar-refractivity contribution >= 4 is 0 Å². The predicted octanol–water partition coefficient (Wildman–Crippen LogP) is 2.94. The zero-order valence-corrected chi connectivity index (χ0v) is 11.2. The fraction of sp³-hybridized carbons (Fsp3) is 0.643. The van der Waals surface area contributed by atoms with Crippen LogP contribution in [0.15, 0.2) is 12.1 Å². The Morgan fingerprint density at radius 3 is 2.76 bits per heavy atom. The van der Waals surface area contributed by atoms with Crippen LogP contribution in [0.3, 0.4) is 0 Å². The highest BCUT2D eigenvalue weighted by Gasteiger charge is 2.29. The first-order valence-electron chi connectivity index (χ1n) is 6.40. The molecule has 0 N–H and O–H groups in total. The molecule has 94 valence electrons. The molecule has 0 spiro atoms. The van der Waals surface area contributed by atoms with Gasteiger partial charge in [0.25, 0.3) is 0 Å². The maximum atomic E-state index is 5.16. The summed E-state index contributed by atoms with van der Waals surface area (Å²) in [7, 11) is 1.66. The zero-order valence-electron chi connectivity index (χ0n) is 11.2. The van der Waals surface area contributed by atoms with Crippen molar-refractivity contribution in [3.05, 3.63) is 23.4 Å². The topological polar surface area (TPSA) is 25.4 Å². The van der Waals surface area contributed by atoms with Gasteiger partial charge >= 0.3 is 0 Å². The zero-order chi connectivity index (χ0) is 12.4. The standard InChI is InChI=1S/C14H22N2O/c1-10(2)16-9-5-6-13(16)12-7-8-14(17-4)15-11(12)3/h7-8,10,13H,5-6,9H2,1-4H3. The lowest BCUT2D eigenvalue weighted by Gasteiger charge is -2.29. The Kier molecular flexibility index (Phi) is 3.67. The summed E-state index contributed by atoms with van der Waals surface area (Å²) in [5.41, 5.74) is 2.46. The third kappa shape index (κ3) is 2.44. The first-order chi connectivity index (χ1) is 8.13. The first kappa shape index (κ1) is 12.4. The number of rotatable bonds is 3. The maximum absolute atomic E-state index is 5.16. The number of aryl methyl sites for hydroxylation is 1. The van der Waals surface area contributed by atoms with Crippen LogP contribution in [0.25, 0.3) is 0 Å². The second-order valence-corrected chi connectivity index (χ2v) is 5.02. The van der Waals surface area contributed by atoms with Gasteiger partial charge in [0.05, 0.1) is 7.11 Å². The van der Waals surface area contributed by atoms with Crippen LogP contribution in [0.2, 0.25) is 0 Å². The molecular weight excluding hydrogens is 212 g/mol. The van der Waals surface area contributed by atoms with E-state index in [1.54, 1.807) is 7.11 Å². The Balaban J connectivity index is 2.27. The Morgan fingerprint density at radius 2 is 2.18 bits per heavy atom. The molecule has 2 heterocycles. The Morgan fingerprint density at radius 1 is 1.41 bits per heavy atom. The van der Waals surface area contributed by atoms with Crippen molar-refractivity contribution in [1.29, 1.82) is 0 Å². The Hall–Kier alpha value is -1.09. The molecule has 3 heteroatoms. The summed E-state index contributed by atoms with van der Waals surface area (Å²) in [6.07, 6.45) is 2.53. The summed E-state index contributed by atoms with van der Waals surface area (Å²) in [5, 5.41) is 0. The molecule has 2 rings (SSSR count). The molecule has 1 atom stereocenters. The minimum atomic E-state index is 0.536. The lowest BCUT2D eigenvalue weighted by atomic mass is 10.0. The molecule has 0 amide bonds. The van der Waals surface area contributed by atoms with Gasteiger partial charge in [0.2, 0.25) is 5.88 Å². The lowest BCUT2D eigenvalue weighted by molar-refractivity contribution is 0.204. The summed E-state index contributed by atoms with van der Waals surface area (Å²) in [5.74, 6) is 0.709. The van der Waals surface area contributed by atoms with E-state index >= 15 is 0 Å². The number of hydrogen-bond donors (Lipinski definition) is 0. The van der Waals surface area contributed by atoms with Gasteiger partial charge in [-0.1, -0.05) is 6.07 Å². The van der Waals surface area contributed by atoms with Crippen LogP contribution in [-0.2, 0) is 0 Å².